The van der Waals surface area contributed by atoms with Crippen molar-refractivity contribution in [3.8, 4) is 0 Å². The fourth-order valence-electron chi connectivity index (χ4n) is 1.17. The van der Waals surface area contributed by atoms with Gasteiger partial charge >= 0.3 is 0 Å². The molecule has 0 aliphatic carbocycles. The zero-order chi connectivity index (χ0) is 8.97. The van der Waals surface area contributed by atoms with E-state index < -0.39 is 0 Å². The van der Waals surface area contributed by atoms with Gasteiger partial charge in [0.05, 0.1) is 5.69 Å². The van der Waals surface area contributed by atoms with Gasteiger partial charge in [-0.1, -0.05) is 19.1 Å². The van der Waals surface area contributed by atoms with E-state index in [4.69, 9.17) is 5.21 Å². The van der Waals surface area contributed by atoms with Crippen LogP contribution < -0.4 is 5.48 Å². The lowest BCUT2D eigenvalue weighted by Gasteiger charge is -2.09. The average molecular weight is 183 g/mol. The molecular formula is C9H13NOS. The number of hydrogen-bond acceptors (Lipinski definition) is 3. The quantitative estimate of drug-likeness (QED) is 0.558. The zero-order valence-corrected chi connectivity index (χ0v) is 8.11. The van der Waals surface area contributed by atoms with Crippen LogP contribution in [0.2, 0.25) is 0 Å². The van der Waals surface area contributed by atoms with Crippen LogP contribution in [-0.2, 0) is 6.42 Å². The molecule has 2 N–H and O–H groups in total. The molecule has 0 saturated heterocycles. The van der Waals surface area contributed by atoms with Crippen molar-refractivity contribution in [1.29, 1.82) is 0 Å². The molecule has 1 rings (SSSR count). The van der Waals surface area contributed by atoms with Gasteiger partial charge in [-0.05, 0) is 24.3 Å². The first-order valence-electron chi connectivity index (χ1n) is 3.89. The van der Waals surface area contributed by atoms with Crippen LogP contribution in [0, 0.1) is 0 Å². The van der Waals surface area contributed by atoms with E-state index in [1.54, 1.807) is 11.8 Å². The summed E-state index contributed by atoms with van der Waals surface area (Å²) in [6.07, 6.45) is 2.92. The molecule has 12 heavy (non-hydrogen) atoms. The second kappa shape index (κ2) is 4.38. The topological polar surface area (TPSA) is 32.3 Å². The van der Waals surface area contributed by atoms with Gasteiger partial charge in [-0.25, -0.2) is 0 Å². The molecule has 1 aromatic carbocycles. The van der Waals surface area contributed by atoms with E-state index in [1.165, 1.54) is 0 Å². The van der Waals surface area contributed by atoms with Crippen LogP contribution in [0.3, 0.4) is 0 Å². The van der Waals surface area contributed by atoms with Crippen LogP contribution in [0.25, 0.3) is 0 Å². The maximum atomic E-state index is 8.90. The minimum absolute atomic E-state index is 0.840. The van der Waals surface area contributed by atoms with Crippen LogP contribution in [-0.4, -0.2) is 11.5 Å². The summed E-state index contributed by atoms with van der Waals surface area (Å²) in [4.78, 5) is 1.08. The van der Waals surface area contributed by atoms with E-state index in [-0.39, 0.29) is 0 Å². The minimum Gasteiger partial charge on any atom is -0.291 e. The van der Waals surface area contributed by atoms with Gasteiger partial charge in [0, 0.05) is 4.90 Å². The van der Waals surface area contributed by atoms with Crippen molar-refractivity contribution in [2.75, 3.05) is 11.7 Å². The highest BCUT2D eigenvalue weighted by molar-refractivity contribution is 7.98. The molecule has 0 saturated carbocycles. The van der Waals surface area contributed by atoms with Crippen molar-refractivity contribution in [3.05, 3.63) is 23.8 Å². The maximum Gasteiger partial charge on any atom is 0.0769 e. The Balaban J connectivity index is 3.13. The second-order valence-electron chi connectivity index (χ2n) is 2.46. The zero-order valence-electron chi connectivity index (χ0n) is 7.29. The molecule has 0 aromatic heterocycles. The third kappa shape index (κ3) is 1.73. The van der Waals surface area contributed by atoms with Gasteiger partial charge in [-0.2, -0.15) is 0 Å². The van der Waals surface area contributed by atoms with Crippen LogP contribution >= 0.6 is 11.8 Å². The predicted molar refractivity (Wildman–Crippen MR) is 53.0 cm³/mol. The highest BCUT2D eigenvalue weighted by Crippen LogP contribution is 2.28. The van der Waals surface area contributed by atoms with Gasteiger partial charge in [0.1, 0.15) is 0 Å². The molecular weight excluding hydrogens is 170 g/mol. The molecule has 0 fully saturated rings. The molecule has 3 heteroatoms. The number of nitrogens with one attached hydrogen (secondary N) is 1. The molecule has 66 valence electrons. The van der Waals surface area contributed by atoms with Crippen molar-refractivity contribution in [2.24, 2.45) is 0 Å². The van der Waals surface area contributed by atoms with Crippen LogP contribution in [0.5, 0.6) is 0 Å². The Labute approximate surface area is 76.9 Å². The highest BCUT2D eigenvalue weighted by atomic mass is 32.2. The van der Waals surface area contributed by atoms with Gasteiger partial charge in [-0.3, -0.25) is 10.7 Å². The number of hydrogen-bond donors (Lipinski definition) is 2. The first kappa shape index (κ1) is 9.42. The SMILES string of the molecule is CCc1cccc(SC)c1NO. The molecule has 0 spiro atoms. The first-order valence-corrected chi connectivity index (χ1v) is 5.12. The van der Waals surface area contributed by atoms with Gasteiger partial charge in [0.25, 0.3) is 0 Å². The smallest absolute Gasteiger partial charge is 0.0769 e. The lowest BCUT2D eigenvalue weighted by atomic mass is 10.1. The molecule has 0 bridgehead atoms. The van der Waals surface area contributed by atoms with Crippen LogP contribution in [0.4, 0.5) is 5.69 Å². The summed E-state index contributed by atoms with van der Waals surface area (Å²) < 4.78 is 0. The van der Waals surface area contributed by atoms with Gasteiger partial charge < -0.3 is 0 Å². The summed E-state index contributed by atoms with van der Waals surface area (Å²) in [5.41, 5.74) is 4.23. The number of rotatable bonds is 3. The van der Waals surface area contributed by atoms with Gasteiger partial charge in [-0.15, -0.1) is 11.8 Å². The lowest BCUT2D eigenvalue weighted by Crippen LogP contribution is -1.96. The lowest BCUT2D eigenvalue weighted by molar-refractivity contribution is 0.386. The van der Waals surface area contributed by atoms with Crippen molar-refractivity contribution in [2.45, 2.75) is 18.2 Å². The number of anilines is 1. The summed E-state index contributed by atoms with van der Waals surface area (Å²) in [6.45, 7) is 2.07. The number of thioether (sulfide) groups is 1. The van der Waals surface area contributed by atoms with Gasteiger partial charge in [0.15, 0.2) is 0 Å². The van der Waals surface area contributed by atoms with Crippen molar-refractivity contribution in [1.82, 2.24) is 0 Å². The monoisotopic (exact) mass is 183 g/mol. The summed E-state index contributed by atoms with van der Waals surface area (Å²) >= 11 is 1.63. The van der Waals surface area contributed by atoms with E-state index >= 15 is 0 Å². The Morgan fingerprint density at radius 2 is 2.25 bits per heavy atom. The van der Waals surface area contributed by atoms with E-state index in [0.717, 1.165) is 22.6 Å². The molecule has 0 aliphatic heterocycles. The first-order chi connectivity index (χ1) is 5.83. The fourth-order valence-corrected chi connectivity index (χ4v) is 1.76. The number of aryl methyl sites for hydroxylation is 1. The standard InChI is InChI=1S/C9H13NOS/c1-3-7-5-4-6-8(12-2)9(7)10-11/h4-6,10-11H,3H2,1-2H3. The Morgan fingerprint density at radius 3 is 2.75 bits per heavy atom. The highest BCUT2D eigenvalue weighted by Gasteiger charge is 2.03. The van der Waals surface area contributed by atoms with Crippen molar-refractivity contribution in [3.63, 3.8) is 0 Å². The van der Waals surface area contributed by atoms with Crippen molar-refractivity contribution < 1.29 is 5.21 Å². The van der Waals surface area contributed by atoms with Crippen molar-refractivity contribution >= 4 is 17.4 Å². The summed E-state index contributed by atoms with van der Waals surface area (Å²) in [6, 6.07) is 6.01. The molecule has 0 unspecified atom stereocenters. The molecule has 1 aromatic rings. The Morgan fingerprint density at radius 1 is 1.50 bits per heavy atom. The minimum atomic E-state index is 0.840. The normalized spacial score (nSPS) is 9.92. The third-order valence-corrected chi connectivity index (χ3v) is 2.61. The molecule has 2 nitrogen and oxygen atoms in total. The average Bonchev–Trinajstić information content (AvgIpc) is 2.16. The molecule has 0 amide bonds. The number of para-hydroxylation sites is 1. The molecule has 0 atom stereocenters. The van der Waals surface area contributed by atoms with E-state index in [1.807, 2.05) is 24.5 Å². The Bertz CT molecular complexity index is 240. The maximum absolute atomic E-state index is 8.90. The van der Waals surface area contributed by atoms with Crippen LogP contribution in [0.1, 0.15) is 12.5 Å². The van der Waals surface area contributed by atoms with E-state index in [9.17, 15) is 0 Å². The van der Waals surface area contributed by atoms with E-state index in [0.29, 0.717) is 0 Å². The fraction of sp³-hybridized carbons (Fsp3) is 0.333. The third-order valence-electron chi connectivity index (χ3n) is 1.83. The molecule has 0 aliphatic rings. The Hall–Kier alpha value is -0.670. The van der Waals surface area contributed by atoms with Crippen LogP contribution in [0.15, 0.2) is 23.1 Å². The summed E-state index contributed by atoms with van der Waals surface area (Å²) in [7, 11) is 0. The largest absolute Gasteiger partial charge is 0.291 e. The van der Waals surface area contributed by atoms with E-state index in [2.05, 4.69) is 12.4 Å². The van der Waals surface area contributed by atoms with Gasteiger partial charge in [0.2, 0.25) is 0 Å². The summed E-state index contributed by atoms with van der Waals surface area (Å²) in [5.74, 6) is 0. The predicted octanol–water partition coefficient (Wildman–Crippen LogP) is 2.77. The number of benzene rings is 1. The summed E-state index contributed by atoms with van der Waals surface area (Å²) in [5, 5.41) is 8.90. The Kier molecular flexibility index (Phi) is 3.44. The molecule has 0 radical (unpaired) electrons. The molecule has 0 heterocycles. The second-order valence-corrected chi connectivity index (χ2v) is 3.31.